The predicted octanol–water partition coefficient (Wildman–Crippen LogP) is 2.34. The van der Waals surface area contributed by atoms with Gasteiger partial charge in [-0.05, 0) is 17.7 Å². The molecule has 0 radical (unpaired) electrons. The molecule has 78 valence electrons. The fraction of sp³-hybridized carbons (Fsp3) is 0.375. The van der Waals surface area contributed by atoms with E-state index < -0.39 is 18.6 Å². The van der Waals surface area contributed by atoms with E-state index in [0.29, 0.717) is 0 Å². The summed E-state index contributed by atoms with van der Waals surface area (Å²) in [4.78, 5) is 3.60. The van der Waals surface area contributed by atoms with E-state index in [1.54, 1.807) is 0 Å². The number of nitrogens with two attached hydrogens (primary N) is 1. The second-order valence-electron chi connectivity index (χ2n) is 2.74. The Kier molecular flexibility index (Phi) is 3.34. The smallest absolute Gasteiger partial charge is 0.330 e. The highest BCUT2D eigenvalue weighted by molar-refractivity contribution is 6.29. The molecule has 0 fully saturated rings. The lowest BCUT2D eigenvalue weighted by molar-refractivity contribution is -0.148. The quantitative estimate of drug-likeness (QED) is 0.784. The topological polar surface area (TPSA) is 38.9 Å². The first kappa shape index (κ1) is 11.3. The Balaban J connectivity index is 3.01. The molecule has 1 aromatic heterocycles. The van der Waals surface area contributed by atoms with E-state index in [9.17, 15) is 13.2 Å². The Morgan fingerprint density at radius 1 is 1.50 bits per heavy atom. The highest BCUT2D eigenvalue weighted by atomic mass is 35.5. The minimum Gasteiger partial charge on any atom is -0.330 e. The van der Waals surface area contributed by atoms with Crippen LogP contribution >= 0.6 is 11.6 Å². The molecule has 1 aromatic rings. The normalized spacial score (nSPS) is 14.1. The van der Waals surface area contributed by atoms with Gasteiger partial charge in [0, 0.05) is 12.7 Å². The van der Waals surface area contributed by atoms with Crippen LogP contribution in [0.15, 0.2) is 18.3 Å². The van der Waals surface area contributed by atoms with Gasteiger partial charge in [0.25, 0.3) is 0 Å². The van der Waals surface area contributed by atoms with Crippen molar-refractivity contribution in [1.82, 2.24) is 4.98 Å². The van der Waals surface area contributed by atoms with Gasteiger partial charge in [-0.2, -0.15) is 13.2 Å². The van der Waals surface area contributed by atoms with Crippen molar-refractivity contribution < 1.29 is 13.2 Å². The minimum atomic E-state index is -4.35. The Labute approximate surface area is 83.9 Å². The molecule has 14 heavy (non-hydrogen) atoms. The largest absolute Gasteiger partial charge is 0.396 e. The number of hydrogen-bond donors (Lipinski definition) is 1. The summed E-state index contributed by atoms with van der Waals surface area (Å²) in [6, 6.07) is 2.43. The van der Waals surface area contributed by atoms with Crippen molar-refractivity contribution in [3.63, 3.8) is 0 Å². The molecule has 0 aliphatic heterocycles. The van der Waals surface area contributed by atoms with Crippen LogP contribution in [-0.2, 0) is 0 Å². The van der Waals surface area contributed by atoms with Crippen molar-refractivity contribution in [3.05, 3.63) is 29.0 Å². The molecule has 0 saturated heterocycles. The SMILES string of the molecule is NCC(c1ccnc(Cl)c1)C(F)(F)F. The summed E-state index contributed by atoms with van der Waals surface area (Å²) in [6.07, 6.45) is -3.12. The summed E-state index contributed by atoms with van der Waals surface area (Å²) in [5.74, 6) is -1.68. The third-order valence-electron chi connectivity index (χ3n) is 1.78. The molecule has 0 bridgehead atoms. The van der Waals surface area contributed by atoms with Crippen LogP contribution < -0.4 is 5.73 Å². The van der Waals surface area contributed by atoms with Crippen LogP contribution in [0.2, 0.25) is 5.15 Å². The van der Waals surface area contributed by atoms with E-state index in [0.717, 1.165) is 0 Å². The zero-order chi connectivity index (χ0) is 10.8. The molecule has 0 aliphatic rings. The lowest BCUT2D eigenvalue weighted by Crippen LogP contribution is -2.28. The van der Waals surface area contributed by atoms with Crippen molar-refractivity contribution in [2.24, 2.45) is 5.73 Å². The second-order valence-corrected chi connectivity index (χ2v) is 3.13. The molecular formula is C8H8ClF3N2. The summed E-state index contributed by atoms with van der Waals surface area (Å²) in [5, 5.41) is 0.0326. The monoisotopic (exact) mass is 224 g/mol. The summed E-state index contributed by atoms with van der Waals surface area (Å²) >= 11 is 5.48. The molecule has 1 heterocycles. The fourth-order valence-corrected chi connectivity index (χ4v) is 1.28. The first-order chi connectivity index (χ1) is 6.45. The molecule has 0 amide bonds. The second kappa shape index (κ2) is 4.14. The number of pyridine rings is 1. The van der Waals surface area contributed by atoms with Crippen LogP contribution in [0.3, 0.4) is 0 Å². The summed E-state index contributed by atoms with van der Waals surface area (Å²) < 4.78 is 37.2. The van der Waals surface area contributed by atoms with E-state index >= 15 is 0 Å². The maximum absolute atomic E-state index is 12.4. The summed E-state index contributed by atoms with van der Waals surface area (Å²) in [6.45, 7) is -0.496. The van der Waals surface area contributed by atoms with Gasteiger partial charge in [-0.15, -0.1) is 0 Å². The van der Waals surface area contributed by atoms with E-state index in [1.807, 2.05) is 0 Å². The van der Waals surface area contributed by atoms with Gasteiger partial charge >= 0.3 is 6.18 Å². The number of aromatic nitrogens is 1. The van der Waals surface area contributed by atoms with Crippen molar-refractivity contribution >= 4 is 11.6 Å². The van der Waals surface area contributed by atoms with E-state index in [2.05, 4.69) is 4.98 Å². The van der Waals surface area contributed by atoms with Gasteiger partial charge in [0.15, 0.2) is 0 Å². The molecule has 1 atom stereocenters. The Morgan fingerprint density at radius 3 is 2.57 bits per heavy atom. The first-order valence-electron chi connectivity index (χ1n) is 3.83. The number of alkyl halides is 3. The lowest BCUT2D eigenvalue weighted by Gasteiger charge is -2.18. The van der Waals surface area contributed by atoms with Gasteiger partial charge in [-0.25, -0.2) is 4.98 Å². The fourth-order valence-electron chi connectivity index (χ4n) is 1.09. The van der Waals surface area contributed by atoms with Crippen LogP contribution in [0.4, 0.5) is 13.2 Å². The summed E-state index contributed by atoms with van der Waals surface area (Å²) in [7, 11) is 0. The molecule has 1 rings (SSSR count). The third kappa shape index (κ3) is 2.59. The first-order valence-corrected chi connectivity index (χ1v) is 4.21. The van der Waals surface area contributed by atoms with Gasteiger partial charge in [0.2, 0.25) is 0 Å². The average Bonchev–Trinajstić information content (AvgIpc) is 2.02. The van der Waals surface area contributed by atoms with Crippen LogP contribution in [0.1, 0.15) is 11.5 Å². The standard InChI is InChI=1S/C8H8ClF3N2/c9-7-3-5(1-2-14-7)6(4-13)8(10,11)12/h1-3,6H,4,13H2. The highest BCUT2D eigenvalue weighted by Gasteiger charge is 2.39. The molecule has 0 spiro atoms. The molecule has 0 aromatic carbocycles. The van der Waals surface area contributed by atoms with E-state index in [1.165, 1.54) is 18.3 Å². The van der Waals surface area contributed by atoms with Crippen molar-refractivity contribution in [3.8, 4) is 0 Å². The van der Waals surface area contributed by atoms with Crippen molar-refractivity contribution in [2.45, 2.75) is 12.1 Å². The minimum absolute atomic E-state index is 0.0326. The average molecular weight is 225 g/mol. The number of nitrogens with zero attached hydrogens (tertiary/aromatic N) is 1. The van der Waals surface area contributed by atoms with Gasteiger partial charge < -0.3 is 5.73 Å². The molecule has 2 nitrogen and oxygen atoms in total. The third-order valence-corrected chi connectivity index (χ3v) is 1.99. The zero-order valence-corrected chi connectivity index (χ0v) is 7.81. The van der Waals surface area contributed by atoms with Crippen LogP contribution in [0, 0.1) is 0 Å². The van der Waals surface area contributed by atoms with Gasteiger partial charge in [0.05, 0.1) is 5.92 Å². The van der Waals surface area contributed by atoms with Crippen LogP contribution in [0.25, 0.3) is 0 Å². The van der Waals surface area contributed by atoms with E-state index in [4.69, 9.17) is 17.3 Å². The van der Waals surface area contributed by atoms with Gasteiger partial charge in [-0.1, -0.05) is 11.6 Å². The maximum atomic E-state index is 12.4. The maximum Gasteiger partial charge on any atom is 0.396 e. The Morgan fingerprint density at radius 2 is 2.14 bits per heavy atom. The summed E-state index contributed by atoms with van der Waals surface area (Å²) in [5.41, 5.74) is 5.10. The van der Waals surface area contributed by atoms with Gasteiger partial charge in [0.1, 0.15) is 5.15 Å². The molecule has 2 N–H and O–H groups in total. The molecule has 0 saturated carbocycles. The van der Waals surface area contributed by atoms with E-state index in [-0.39, 0.29) is 10.7 Å². The number of halogens is 4. The number of hydrogen-bond acceptors (Lipinski definition) is 2. The highest BCUT2D eigenvalue weighted by Crippen LogP contribution is 2.34. The lowest BCUT2D eigenvalue weighted by atomic mass is 10.0. The Hall–Kier alpha value is -0.810. The molecular weight excluding hydrogens is 217 g/mol. The molecule has 1 unspecified atom stereocenters. The van der Waals surface area contributed by atoms with Gasteiger partial charge in [-0.3, -0.25) is 0 Å². The van der Waals surface area contributed by atoms with Crippen LogP contribution in [-0.4, -0.2) is 17.7 Å². The zero-order valence-electron chi connectivity index (χ0n) is 7.05. The van der Waals surface area contributed by atoms with Crippen molar-refractivity contribution in [1.29, 1.82) is 0 Å². The predicted molar refractivity (Wildman–Crippen MR) is 47.1 cm³/mol. The van der Waals surface area contributed by atoms with Crippen LogP contribution in [0.5, 0.6) is 0 Å². The number of rotatable bonds is 2. The molecule has 0 aliphatic carbocycles. The Bertz CT molecular complexity index is 314. The molecule has 6 heteroatoms. The van der Waals surface area contributed by atoms with Crippen molar-refractivity contribution in [2.75, 3.05) is 6.54 Å².